The first kappa shape index (κ1) is 15.3. The molecule has 1 aliphatic heterocycles. The lowest BCUT2D eigenvalue weighted by atomic mass is 10.1. The van der Waals surface area contributed by atoms with Gasteiger partial charge < -0.3 is 4.90 Å². The van der Waals surface area contributed by atoms with Crippen LogP contribution in [-0.4, -0.2) is 22.0 Å². The number of likely N-dealkylation sites (N-methyl/N-ethyl adjacent to an activating group) is 1. The molecule has 0 N–H and O–H groups in total. The highest BCUT2D eigenvalue weighted by atomic mass is 32.2. The van der Waals surface area contributed by atoms with E-state index in [1.807, 2.05) is 19.2 Å². The van der Waals surface area contributed by atoms with Crippen molar-refractivity contribution in [1.29, 1.82) is 0 Å². The van der Waals surface area contributed by atoms with Gasteiger partial charge in [0.05, 0.1) is 0 Å². The molecule has 0 spiro atoms. The lowest BCUT2D eigenvalue weighted by molar-refractivity contribution is 0.867. The third kappa shape index (κ3) is 2.51. The van der Waals surface area contributed by atoms with Crippen LogP contribution < -0.4 is 4.90 Å². The highest BCUT2D eigenvalue weighted by molar-refractivity contribution is 7.98. The second kappa shape index (κ2) is 6.02. The van der Waals surface area contributed by atoms with E-state index < -0.39 is 0 Å². The van der Waals surface area contributed by atoms with Crippen LogP contribution in [0.1, 0.15) is 25.0 Å². The van der Waals surface area contributed by atoms with E-state index >= 15 is 0 Å². The Morgan fingerprint density at radius 3 is 3.00 bits per heavy atom. The van der Waals surface area contributed by atoms with E-state index in [4.69, 9.17) is 0 Å². The maximum absolute atomic E-state index is 4.57. The third-order valence-corrected chi connectivity index (χ3v) is 5.57. The topological polar surface area (TPSA) is 21.1 Å². The second-order valence-electron chi connectivity index (χ2n) is 6.23. The Balaban J connectivity index is 1.74. The molecule has 4 rings (SSSR count). The van der Waals surface area contributed by atoms with Gasteiger partial charge in [0.25, 0.3) is 0 Å². The van der Waals surface area contributed by atoms with Crippen molar-refractivity contribution in [2.75, 3.05) is 18.0 Å². The van der Waals surface area contributed by atoms with Crippen LogP contribution in [0.3, 0.4) is 0 Å². The van der Waals surface area contributed by atoms with Crippen molar-refractivity contribution in [2.24, 2.45) is 0 Å². The molecule has 3 aromatic rings. The zero-order valence-corrected chi connectivity index (χ0v) is 14.9. The molecule has 4 heteroatoms. The SMILES string of the molecule is C=C(C)c1cn(Sc2ccc3c(c2)N(CC)CC3)c2ncccc12. The first-order chi connectivity index (χ1) is 11.7. The van der Waals surface area contributed by atoms with Gasteiger partial charge in [-0.3, -0.25) is 3.97 Å². The molecule has 1 aromatic carbocycles. The summed E-state index contributed by atoms with van der Waals surface area (Å²) in [7, 11) is 0. The van der Waals surface area contributed by atoms with Gasteiger partial charge >= 0.3 is 0 Å². The van der Waals surface area contributed by atoms with Gasteiger partial charge in [0, 0.05) is 47.0 Å². The smallest absolute Gasteiger partial charge is 0.150 e. The third-order valence-electron chi connectivity index (χ3n) is 4.63. The van der Waals surface area contributed by atoms with E-state index in [0.717, 1.165) is 36.1 Å². The van der Waals surface area contributed by atoms with E-state index in [2.05, 4.69) is 57.8 Å². The molecule has 3 nitrogen and oxygen atoms in total. The number of allylic oxidation sites excluding steroid dienone is 1. The summed E-state index contributed by atoms with van der Waals surface area (Å²) >= 11 is 1.72. The maximum atomic E-state index is 4.57. The number of rotatable bonds is 4. The Hall–Kier alpha value is -2.20. The van der Waals surface area contributed by atoms with Crippen molar-refractivity contribution >= 4 is 34.2 Å². The average molecular weight is 335 g/mol. The van der Waals surface area contributed by atoms with Crippen molar-refractivity contribution in [2.45, 2.75) is 25.2 Å². The fourth-order valence-corrected chi connectivity index (χ4v) is 4.27. The van der Waals surface area contributed by atoms with Crippen LogP contribution in [0.2, 0.25) is 0 Å². The lowest BCUT2D eigenvalue weighted by Gasteiger charge is -2.17. The van der Waals surface area contributed by atoms with Gasteiger partial charge in [-0.1, -0.05) is 12.6 Å². The number of fused-ring (bicyclic) bond motifs is 2. The molecule has 0 bridgehead atoms. The molecule has 2 aromatic heterocycles. The molecule has 1 aliphatic rings. The van der Waals surface area contributed by atoms with E-state index in [0.29, 0.717) is 0 Å². The van der Waals surface area contributed by atoms with Gasteiger partial charge in [0.15, 0.2) is 5.65 Å². The minimum absolute atomic E-state index is 0.994. The molecule has 24 heavy (non-hydrogen) atoms. The van der Waals surface area contributed by atoms with Gasteiger partial charge in [0.2, 0.25) is 0 Å². The maximum Gasteiger partial charge on any atom is 0.150 e. The van der Waals surface area contributed by atoms with Crippen molar-refractivity contribution in [3.05, 3.63) is 60.4 Å². The van der Waals surface area contributed by atoms with Crippen LogP contribution in [0.15, 0.2) is 54.2 Å². The first-order valence-corrected chi connectivity index (χ1v) is 9.13. The monoisotopic (exact) mass is 335 g/mol. The zero-order valence-electron chi connectivity index (χ0n) is 14.1. The van der Waals surface area contributed by atoms with Crippen molar-refractivity contribution in [3.63, 3.8) is 0 Å². The van der Waals surface area contributed by atoms with Crippen molar-refractivity contribution < 1.29 is 0 Å². The van der Waals surface area contributed by atoms with Crippen LogP contribution in [0.25, 0.3) is 16.6 Å². The van der Waals surface area contributed by atoms with E-state index in [1.165, 1.54) is 21.7 Å². The number of hydrogen-bond donors (Lipinski definition) is 0. The van der Waals surface area contributed by atoms with Crippen molar-refractivity contribution in [3.8, 4) is 0 Å². The number of nitrogens with zero attached hydrogens (tertiary/aromatic N) is 3. The summed E-state index contributed by atoms with van der Waals surface area (Å²) in [6.45, 7) is 10.6. The van der Waals surface area contributed by atoms with Crippen LogP contribution in [0.4, 0.5) is 5.69 Å². The Labute approximate surface area is 147 Å². The Kier molecular flexibility index (Phi) is 3.85. The fourth-order valence-electron chi connectivity index (χ4n) is 3.36. The molecule has 0 saturated carbocycles. The number of hydrogen-bond acceptors (Lipinski definition) is 3. The molecule has 0 atom stereocenters. The molecule has 0 amide bonds. The van der Waals surface area contributed by atoms with Crippen LogP contribution in [0.5, 0.6) is 0 Å². The summed E-state index contributed by atoms with van der Waals surface area (Å²) in [5.41, 5.74) is 6.07. The molecule has 0 radical (unpaired) electrons. The summed E-state index contributed by atoms with van der Waals surface area (Å²) in [4.78, 5) is 8.26. The average Bonchev–Trinajstić information content (AvgIpc) is 3.16. The summed E-state index contributed by atoms with van der Waals surface area (Å²) in [6, 6.07) is 10.9. The minimum atomic E-state index is 0.994. The highest BCUT2D eigenvalue weighted by Crippen LogP contribution is 2.35. The number of pyridine rings is 1. The van der Waals surface area contributed by atoms with Gasteiger partial charge in [0.1, 0.15) is 0 Å². The molecule has 0 fully saturated rings. The van der Waals surface area contributed by atoms with E-state index in [9.17, 15) is 0 Å². The van der Waals surface area contributed by atoms with Crippen molar-refractivity contribution in [1.82, 2.24) is 8.96 Å². The van der Waals surface area contributed by atoms with E-state index in [1.54, 1.807) is 11.9 Å². The standard InChI is InChI=1S/C20H21N3S/c1-4-22-11-9-15-7-8-16(12-19(15)22)24-23-13-18(14(2)3)17-6-5-10-21-20(17)23/h5-8,10,12-13H,2,4,9,11H2,1,3H3. The van der Waals surface area contributed by atoms with E-state index in [-0.39, 0.29) is 0 Å². The predicted octanol–water partition coefficient (Wildman–Crippen LogP) is 5.01. The quantitative estimate of drug-likeness (QED) is 0.669. The molecule has 122 valence electrons. The molecule has 0 saturated heterocycles. The number of aromatic nitrogens is 2. The summed E-state index contributed by atoms with van der Waals surface area (Å²) in [6.07, 6.45) is 5.15. The van der Waals surface area contributed by atoms with Gasteiger partial charge in [-0.15, -0.1) is 0 Å². The fraction of sp³-hybridized carbons (Fsp3) is 0.250. The minimum Gasteiger partial charge on any atom is -0.371 e. The summed E-state index contributed by atoms with van der Waals surface area (Å²) < 4.78 is 2.16. The summed E-state index contributed by atoms with van der Waals surface area (Å²) in [5, 5.41) is 1.16. The number of anilines is 1. The largest absolute Gasteiger partial charge is 0.371 e. The van der Waals surface area contributed by atoms with Crippen LogP contribution in [0, 0.1) is 0 Å². The summed E-state index contributed by atoms with van der Waals surface area (Å²) in [5.74, 6) is 0. The molecule has 0 aliphatic carbocycles. The van der Waals surface area contributed by atoms with Gasteiger partial charge in [-0.25, -0.2) is 4.98 Å². The first-order valence-electron chi connectivity index (χ1n) is 8.35. The lowest BCUT2D eigenvalue weighted by Crippen LogP contribution is -2.19. The predicted molar refractivity (Wildman–Crippen MR) is 104 cm³/mol. The number of benzene rings is 1. The Morgan fingerprint density at radius 1 is 1.33 bits per heavy atom. The van der Waals surface area contributed by atoms with Gasteiger partial charge in [-0.05, 0) is 67.6 Å². The van der Waals surface area contributed by atoms with Crippen LogP contribution in [-0.2, 0) is 6.42 Å². The normalized spacial score (nSPS) is 13.5. The Bertz CT molecular complexity index is 926. The molecular weight excluding hydrogens is 314 g/mol. The zero-order chi connectivity index (χ0) is 16.7. The second-order valence-corrected chi connectivity index (χ2v) is 7.28. The Morgan fingerprint density at radius 2 is 2.21 bits per heavy atom. The molecule has 3 heterocycles. The molecule has 0 unspecified atom stereocenters. The highest BCUT2D eigenvalue weighted by Gasteiger charge is 2.18. The molecular formula is C20H21N3S. The van der Waals surface area contributed by atoms with Gasteiger partial charge in [-0.2, -0.15) is 0 Å². The van der Waals surface area contributed by atoms with Crippen LogP contribution >= 0.6 is 11.9 Å².